The molecule has 0 saturated carbocycles. The lowest BCUT2D eigenvalue weighted by Gasteiger charge is -2.12. The molecule has 0 aliphatic rings. The highest BCUT2D eigenvalue weighted by Gasteiger charge is 2.18. The summed E-state index contributed by atoms with van der Waals surface area (Å²) >= 11 is 0. The van der Waals surface area contributed by atoms with Crippen molar-refractivity contribution in [1.29, 1.82) is 0 Å². The molecule has 0 aliphatic carbocycles. The number of sulfonamides is 1. The first-order valence-electron chi connectivity index (χ1n) is 7.50. The largest absolute Gasteiger partial charge is 0.325 e. The monoisotopic (exact) mass is 380 g/mol. The Bertz CT molecular complexity index is 865. The number of hydrogen-bond donors (Lipinski definition) is 1. The molecular weight excluding hydrogens is 360 g/mol. The van der Waals surface area contributed by atoms with Crippen LogP contribution in [-0.4, -0.2) is 42.7 Å². The first-order valence-corrected chi connectivity index (χ1v) is 10.4. The fourth-order valence-corrected chi connectivity index (χ4v) is 4.10. The summed E-state index contributed by atoms with van der Waals surface area (Å²) in [5.74, 6) is -0.389. The average molecular weight is 380 g/mol. The van der Waals surface area contributed by atoms with Gasteiger partial charge in [0.25, 0.3) is 0 Å². The van der Waals surface area contributed by atoms with Crippen LogP contribution in [0, 0.1) is 0 Å². The molecule has 2 aromatic carbocycles. The fourth-order valence-electron chi connectivity index (χ4n) is 2.11. The average Bonchev–Trinajstić information content (AvgIpc) is 2.55. The van der Waals surface area contributed by atoms with Gasteiger partial charge < -0.3 is 5.32 Å². The molecule has 1 unspecified atom stereocenters. The van der Waals surface area contributed by atoms with Crippen molar-refractivity contribution >= 4 is 32.4 Å². The molecule has 0 spiro atoms. The molecular formula is C17H20N2O4S2. The van der Waals surface area contributed by atoms with E-state index in [0.717, 1.165) is 4.31 Å². The Morgan fingerprint density at radius 2 is 1.76 bits per heavy atom. The quantitative estimate of drug-likeness (QED) is 0.794. The minimum atomic E-state index is -3.54. The summed E-state index contributed by atoms with van der Waals surface area (Å²) in [5.41, 5.74) is 1.25. The molecule has 6 nitrogen and oxygen atoms in total. The maximum Gasteiger partial charge on any atom is 0.242 e. The van der Waals surface area contributed by atoms with Crippen molar-refractivity contribution in [2.75, 3.05) is 25.2 Å². The van der Waals surface area contributed by atoms with Crippen molar-refractivity contribution in [2.24, 2.45) is 0 Å². The van der Waals surface area contributed by atoms with E-state index in [-0.39, 0.29) is 22.3 Å². The van der Waals surface area contributed by atoms with Crippen molar-refractivity contribution in [3.8, 4) is 0 Å². The van der Waals surface area contributed by atoms with Gasteiger partial charge >= 0.3 is 0 Å². The molecule has 2 aromatic rings. The number of nitrogens with one attached hydrogen (secondary N) is 1. The van der Waals surface area contributed by atoms with Crippen LogP contribution < -0.4 is 5.32 Å². The van der Waals surface area contributed by atoms with Gasteiger partial charge in [0.15, 0.2) is 0 Å². The summed E-state index contributed by atoms with van der Waals surface area (Å²) in [6, 6.07) is 15.2. The zero-order valence-corrected chi connectivity index (χ0v) is 15.6. The summed E-state index contributed by atoms with van der Waals surface area (Å²) < 4.78 is 37.6. The van der Waals surface area contributed by atoms with Gasteiger partial charge in [-0.3, -0.25) is 9.00 Å². The van der Waals surface area contributed by atoms with Crippen LogP contribution >= 0.6 is 0 Å². The number of nitrogens with zero attached hydrogens (tertiary/aromatic N) is 1. The van der Waals surface area contributed by atoms with Crippen LogP contribution in [0.4, 0.5) is 5.69 Å². The van der Waals surface area contributed by atoms with E-state index in [1.165, 1.54) is 26.2 Å². The highest BCUT2D eigenvalue weighted by Crippen LogP contribution is 2.16. The van der Waals surface area contributed by atoms with E-state index in [0.29, 0.717) is 11.3 Å². The van der Waals surface area contributed by atoms with Crippen LogP contribution in [0.15, 0.2) is 59.5 Å². The minimum absolute atomic E-state index is 0.110. The van der Waals surface area contributed by atoms with Crippen LogP contribution in [0.5, 0.6) is 0 Å². The Labute approximate surface area is 150 Å². The van der Waals surface area contributed by atoms with Crippen molar-refractivity contribution < 1.29 is 17.4 Å². The van der Waals surface area contributed by atoms with E-state index in [4.69, 9.17) is 0 Å². The number of rotatable bonds is 7. The summed E-state index contributed by atoms with van der Waals surface area (Å²) in [7, 11) is -2.08. The van der Waals surface area contributed by atoms with Crippen molar-refractivity contribution in [3.05, 3.63) is 60.2 Å². The number of para-hydroxylation sites is 1. The molecule has 1 atom stereocenters. The molecule has 0 heterocycles. The predicted molar refractivity (Wildman–Crippen MR) is 99.1 cm³/mol. The number of hydrogen-bond acceptors (Lipinski definition) is 4. The van der Waals surface area contributed by atoms with E-state index < -0.39 is 20.8 Å². The second-order valence-electron chi connectivity index (χ2n) is 5.58. The normalized spacial score (nSPS) is 12.8. The van der Waals surface area contributed by atoms with E-state index >= 15 is 0 Å². The molecule has 25 heavy (non-hydrogen) atoms. The first-order chi connectivity index (χ1) is 11.8. The van der Waals surface area contributed by atoms with Crippen LogP contribution in [0.1, 0.15) is 5.56 Å². The topological polar surface area (TPSA) is 83.6 Å². The van der Waals surface area contributed by atoms with E-state index in [2.05, 4.69) is 5.32 Å². The van der Waals surface area contributed by atoms with Gasteiger partial charge in [-0.2, -0.15) is 0 Å². The maximum absolute atomic E-state index is 12.2. The zero-order chi connectivity index (χ0) is 18.4. The van der Waals surface area contributed by atoms with Gasteiger partial charge in [0.1, 0.15) is 5.75 Å². The summed E-state index contributed by atoms with van der Waals surface area (Å²) in [4.78, 5) is 12.1. The third-order valence-electron chi connectivity index (χ3n) is 3.35. The highest BCUT2D eigenvalue weighted by molar-refractivity contribution is 7.89. The SMILES string of the molecule is CN(C)S(=O)(=O)c1cccc(CS(=O)CC(=O)Nc2ccccc2)c1. The van der Waals surface area contributed by atoms with Gasteiger partial charge in [0, 0.05) is 36.3 Å². The standard InChI is InChI=1S/C17H20N2O4S2/c1-19(2)25(22,23)16-10-6-7-14(11-16)12-24(21)13-17(20)18-15-8-4-3-5-9-15/h3-11H,12-13H2,1-2H3,(H,18,20). The lowest BCUT2D eigenvalue weighted by atomic mass is 10.2. The zero-order valence-electron chi connectivity index (χ0n) is 14.0. The van der Waals surface area contributed by atoms with Gasteiger partial charge in [0.2, 0.25) is 15.9 Å². The number of amides is 1. The second-order valence-corrected chi connectivity index (χ2v) is 9.19. The van der Waals surface area contributed by atoms with E-state index in [1.54, 1.807) is 36.4 Å². The molecule has 0 bridgehead atoms. The molecule has 8 heteroatoms. The number of anilines is 1. The van der Waals surface area contributed by atoms with E-state index in [1.807, 2.05) is 6.07 Å². The molecule has 0 aromatic heterocycles. The molecule has 1 N–H and O–H groups in total. The maximum atomic E-state index is 12.2. The Morgan fingerprint density at radius 3 is 2.40 bits per heavy atom. The molecule has 0 fully saturated rings. The molecule has 0 radical (unpaired) electrons. The summed E-state index contributed by atoms with van der Waals surface area (Å²) in [5, 5.41) is 2.67. The Morgan fingerprint density at radius 1 is 1.08 bits per heavy atom. The van der Waals surface area contributed by atoms with Gasteiger partial charge in [-0.05, 0) is 29.8 Å². The van der Waals surface area contributed by atoms with Gasteiger partial charge in [-0.25, -0.2) is 12.7 Å². The van der Waals surface area contributed by atoms with Crippen molar-refractivity contribution in [1.82, 2.24) is 4.31 Å². The molecule has 2 rings (SSSR count). The first kappa shape index (κ1) is 19.3. The Balaban J connectivity index is 2.00. The fraction of sp³-hybridized carbons (Fsp3) is 0.235. The lowest BCUT2D eigenvalue weighted by Crippen LogP contribution is -2.22. The molecule has 134 valence electrons. The third kappa shape index (κ3) is 5.48. The smallest absolute Gasteiger partial charge is 0.242 e. The Hall–Kier alpha value is -2.03. The Kier molecular flexibility index (Phi) is 6.46. The van der Waals surface area contributed by atoms with E-state index in [9.17, 15) is 17.4 Å². The number of carbonyl (C=O) groups excluding carboxylic acids is 1. The predicted octanol–water partition coefficient (Wildman–Crippen LogP) is 1.82. The number of carbonyl (C=O) groups is 1. The minimum Gasteiger partial charge on any atom is -0.325 e. The van der Waals surface area contributed by atoms with Gasteiger partial charge in [0.05, 0.1) is 4.90 Å². The van der Waals surface area contributed by atoms with Crippen LogP contribution in [0.25, 0.3) is 0 Å². The highest BCUT2D eigenvalue weighted by atomic mass is 32.2. The second kappa shape index (κ2) is 8.37. The van der Waals surface area contributed by atoms with Crippen LogP contribution in [-0.2, 0) is 31.4 Å². The van der Waals surface area contributed by atoms with Crippen LogP contribution in [0.2, 0.25) is 0 Å². The molecule has 1 amide bonds. The van der Waals surface area contributed by atoms with Crippen LogP contribution in [0.3, 0.4) is 0 Å². The summed E-state index contributed by atoms with van der Waals surface area (Å²) in [6.07, 6.45) is 0. The van der Waals surface area contributed by atoms with Crippen molar-refractivity contribution in [2.45, 2.75) is 10.6 Å². The van der Waals surface area contributed by atoms with Gasteiger partial charge in [-0.15, -0.1) is 0 Å². The molecule has 0 saturated heterocycles. The third-order valence-corrected chi connectivity index (χ3v) is 6.40. The lowest BCUT2D eigenvalue weighted by molar-refractivity contribution is -0.113. The van der Waals surface area contributed by atoms with Gasteiger partial charge in [-0.1, -0.05) is 30.3 Å². The summed E-state index contributed by atoms with van der Waals surface area (Å²) in [6.45, 7) is 0. The molecule has 0 aliphatic heterocycles. The van der Waals surface area contributed by atoms with Crippen molar-refractivity contribution in [3.63, 3.8) is 0 Å². The number of benzene rings is 2.